The minimum atomic E-state index is -2.63. The molecule has 1 saturated carbocycles. The quantitative estimate of drug-likeness (QED) is 0.927. The lowest BCUT2D eigenvalue weighted by Gasteiger charge is -2.29. The van der Waals surface area contributed by atoms with Crippen LogP contribution in [0.3, 0.4) is 0 Å². The van der Waals surface area contributed by atoms with Crippen molar-refractivity contribution in [3.63, 3.8) is 0 Å². The summed E-state index contributed by atoms with van der Waals surface area (Å²) in [6.07, 6.45) is -0.846. The predicted octanol–water partition coefficient (Wildman–Crippen LogP) is 3.29. The molecular formula is C15H18F3NO2. The zero-order valence-corrected chi connectivity index (χ0v) is 11.7. The van der Waals surface area contributed by atoms with E-state index < -0.39 is 23.8 Å². The average Bonchev–Trinajstić information content (AvgIpc) is 2.43. The van der Waals surface area contributed by atoms with Crippen molar-refractivity contribution in [1.82, 2.24) is 5.32 Å². The molecule has 0 heterocycles. The second-order valence-electron chi connectivity index (χ2n) is 5.33. The highest BCUT2D eigenvalue weighted by Crippen LogP contribution is 2.33. The third-order valence-electron chi connectivity index (χ3n) is 3.57. The maximum Gasteiger partial charge on any atom is 0.260 e. The number of halogens is 3. The molecule has 1 atom stereocenters. The van der Waals surface area contributed by atoms with Crippen molar-refractivity contribution in [1.29, 1.82) is 0 Å². The van der Waals surface area contributed by atoms with Crippen molar-refractivity contribution < 1.29 is 22.7 Å². The largest absolute Gasteiger partial charge is 0.478 e. The van der Waals surface area contributed by atoms with Crippen LogP contribution in [-0.2, 0) is 4.79 Å². The number of amides is 1. The van der Waals surface area contributed by atoms with Crippen molar-refractivity contribution in [3.8, 4) is 5.75 Å². The first-order valence-electron chi connectivity index (χ1n) is 6.97. The van der Waals surface area contributed by atoms with E-state index >= 15 is 0 Å². The lowest BCUT2D eigenvalue weighted by atomic mass is 9.92. The van der Waals surface area contributed by atoms with Crippen LogP contribution in [0.2, 0.25) is 0 Å². The molecule has 0 aromatic heterocycles. The molecule has 1 N–H and O–H groups in total. The van der Waals surface area contributed by atoms with E-state index in [2.05, 4.69) is 5.32 Å². The number of hydrogen-bond donors (Lipinski definition) is 1. The Bertz CT molecular complexity index is 497. The standard InChI is InChI=1S/C15H18F3NO2/c1-10(21-13-5-3-2-4-12(13)16)14(20)19-11-6-8-15(17,18)9-7-11/h2-5,10-11H,6-9H2,1H3,(H,19,20). The van der Waals surface area contributed by atoms with E-state index in [1.54, 1.807) is 6.07 Å². The molecule has 21 heavy (non-hydrogen) atoms. The predicted molar refractivity (Wildman–Crippen MR) is 71.8 cm³/mol. The van der Waals surface area contributed by atoms with Gasteiger partial charge < -0.3 is 10.1 Å². The molecule has 2 rings (SSSR count). The number of carbonyl (C=O) groups is 1. The number of benzene rings is 1. The van der Waals surface area contributed by atoms with Crippen molar-refractivity contribution >= 4 is 5.91 Å². The summed E-state index contributed by atoms with van der Waals surface area (Å²) < 4.78 is 44.7. The zero-order valence-electron chi connectivity index (χ0n) is 11.7. The van der Waals surface area contributed by atoms with Gasteiger partial charge in [0.05, 0.1) is 0 Å². The summed E-state index contributed by atoms with van der Waals surface area (Å²) in [6.45, 7) is 1.50. The first-order valence-corrected chi connectivity index (χ1v) is 6.97. The molecule has 0 bridgehead atoms. The molecule has 1 aliphatic rings. The maximum absolute atomic E-state index is 13.4. The van der Waals surface area contributed by atoms with E-state index in [0.29, 0.717) is 0 Å². The summed E-state index contributed by atoms with van der Waals surface area (Å²) in [5, 5.41) is 2.68. The molecule has 1 unspecified atom stereocenters. The molecule has 0 radical (unpaired) electrons. The van der Waals surface area contributed by atoms with Crippen LogP contribution < -0.4 is 10.1 Å². The summed E-state index contributed by atoms with van der Waals surface area (Å²) >= 11 is 0. The number of para-hydroxylation sites is 1. The van der Waals surface area contributed by atoms with Crippen molar-refractivity contribution in [2.24, 2.45) is 0 Å². The first kappa shape index (κ1) is 15.7. The van der Waals surface area contributed by atoms with E-state index in [0.717, 1.165) is 0 Å². The maximum atomic E-state index is 13.4. The number of rotatable bonds is 4. The number of carbonyl (C=O) groups excluding carboxylic acids is 1. The van der Waals surface area contributed by atoms with Crippen LogP contribution in [0.5, 0.6) is 5.75 Å². The van der Waals surface area contributed by atoms with Gasteiger partial charge in [0.1, 0.15) is 0 Å². The van der Waals surface area contributed by atoms with E-state index in [1.807, 2.05) is 0 Å². The fraction of sp³-hybridized carbons (Fsp3) is 0.533. The molecule has 116 valence electrons. The minimum Gasteiger partial charge on any atom is -0.478 e. The Morgan fingerprint density at radius 2 is 1.95 bits per heavy atom. The molecule has 0 saturated heterocycles. The third-order valence-corrected chi connectivity index (χ3v) is 3.57. The minimum absolute atomic E-state index is 0.00433. The second kappa shape index (κ2) is 6.37. The van der Waals surface area contributed by atoms with E-state index in [1.165, 1.54) is 25.1 Å². The summed E-state index contributed by atoms with van der Waals surface area (Å²) in [4.78, 5) is 11.9. The molecule has 1 amide bonds. The van der Waals surface area contributed by atoms with Gasteiger partial charge in [-0.05, 0) is 31.9 Å². The molecular weight excluding hydrogens is 283 g/mol. The highest BCUT2D eigenvalue weighted by atomic mass is 19.3. The Balaban J connectivity index is 1.85. The fourth-order valence-corrected chi connectivity index (χ4v) is 2.29. The summed E-state index contributed by atoms with van der Waals surface area (Å²) in [7, 11) is 0. The third kappa shape index (κ3) is 4.37. The lowest BCUT2D eigenvalue weighted by molar-refractivity contribution is -0.129. The van der Waals surface area contributed by atoms with E-state index in [4.69, 9.17) is 4.74 Å². The van der Waals surface area contributed by atoms with Crippen LogP contribution >= 0.6 is 0 Å². The van der Waals surface area contributed by atoms with Crippen molar-refractivity contribution in [2.45, 2.75) is 50.7 Å². The van der Waals surface area contributed by atoms with Gasteiger partial charge in [0.15, 0.2) is 17.7 Å². The molecule has 6 heteroatoms. The summed E-state index contributed by atoms with van der Waals surface area (Å²) in [6, 6.07) is 5.52. The normalized spacial score (nSPS) is 19.8. The van der Waals surface area contributed by atoms with Gasteiger partial charge in [-0.1, -0.05) is 12.1 Å². The van der Waals surface area contributed by atoms with Crippen LogP contribution in [0.1, 0.15) is 32.6 Å². The second-order valence-corrected chi connectivity index (χ2v) is 5.33. The Labute approximate surface area is 121 Å². The monoisotopic (exact) mass is 301 g/mol. The molecule has 1 fully saturated rings. The highest BCUT2D eigenvalue weighted by Gasteiger charge is 2.35. The highest BCUT2D eigenvalue weighted by molar-refractivity contribution is 5.81. The molecule has 0 aliphatic heterocycles. The number of ether oxygens (including phenoxy) is 1. The van der Waals surface area contributed by atoms with Gasteiger partial charge in [0.25, 0.3) is 5.91 Å². The Hall–Kier alpha value is -1.72. The van der Waals surface area contributed by atoms with Crippen LogP contribution in [0.4, 0.5) is 13.2 Å². The van der Waals surface area contributed by atoms with E-state index in [-0.39, 0.29) is 37.5 Å². The number of nitrogens with one attached hydrogen (secondary N) is 1. The zero-order chi connectivity index (χ0) is 15.5. The van der Waals surface area contributed by atoms with Crippen LogP contribution in [0.15, 0.2) is 24.3 Å². The van der Waals surface area contributed by atoms with Gasteiger partial charge >= 0.3 is 0 Å². The molecule has 1 aromatic rings. The van der Waals surface area contributed by atoms with Gasteiger partial charge in [0.2, 0.25) is 5.92 Å². The average molecular weight is 301 g/mol. The smallest absolute Gasteiger partial charge is 0.260 e. The Kier molecular flexibility index (Phi) is 4.75. The molecule has 1 aromatic carbocycles. The Morgan fingerprint density at radius 1 is 1.33 bits per heavy atom. The molecule has 3 nitrogen and oxygen atoms in total. The fourth-order valence-electron chi connectivity index (χ4n) is 2.29. The van der Waals surface area contributed by atoms with Gasteiger partial charge in [-0.2, -0.15) is 0 Å². The van der Waals surface area contributed by atoms with Gasteiger partial charge in [-0.3, -0.25) is 4.79 Å². The van der Waals surface area contributed by atoms with Crippen LogP contribution in [0, 0.1) is 5.82 Å². The van der Waals surface area contributed by atoms with E-state index in [9.17, 15) is 18.0 Å². The van der Waals surface area contributed by atoms with Crippen LogP contribution in [0.25, 0.3) is 0 Å². The van der Waals surface area contributed by atoms with Gasteiger partial charge in [-0.25, -0.2) is 13.2 Å². The summed E-state index contributed by atoms with van der Waals surface area (Å²) in [5.74, 6) is -3.60. The molecule has 1 aliphatic carbocycles. The number of hydrogen-bond acceptors (Lipinski definition) is 2. The van der Waals surface area contributed by atoms with Crippen molar-refractivity contribution in [2.75, 3.05) is 0 Å². The van der Waals surface area contributed by atoms with Crippen LogP contribution in [-0.4, -0.2) is 24.0 Å². The van der Waals surface area contributed by atoms with Crippen molar-refractivity contribution in [3.05, 3.63) is 30.1 Å². The SMILES string of the molecule is CC(Oc1ccccc1F)C(=O)NC1CCC(F)(F)CC1. The molecule has 0 spiro atoms. The van der Waals surface area contributed by atoms with Gasteiger partial charge in [-0.15, -0.1) is 0 Å². The number of alkyl halides is 2. The van der Waals surface area contributed by atoms with Gasteiger partial charge in [0, 0.05) is 18.9 Å². The Morgan fingerprint density at radius 3 is 2.57 bits per heavy atom. The first-order chi connectivity index (χ1) is 9.87. The summed E-state index contributed by atoms with van der Waals surface area (Å²) in [5.41, 5.74) is 0. The lowest BCUT2D eigenvalue weighted by Crippen LogP contribution is -2.45. The topological polar surface area (TPSA) is 38.3 Å².